The first-order valence-corrected chi connectivity index (χ1v) is 12.8. The fourth-order valence-electron chi connectivity index (χ4n) is 4.00. The van der Waals surface area contributed by atoms with E-state index in [9.17, 15) is 24.1 Å². The lowest BCUT2D eigenvalue weighted by Crippen LogP contribution is -2.41. The van der Waals surface area contributed by atoms with Crippen LogP contribution < -0.4 is 5.32 Å². The minimum absolute atomic E-state index is 0.110. The number of nitrogens with zero attached hydrogens (tertiary/aromatic N) is 1. The number of carbonyl (C=O) groups is 3. The largest absolute Gasteiger partial charge is 0.518 e. The third kappa shape index (κ3) is 7.75. The van der Waals surface area contributed by atoms with Gasteiger partial charge in [0.15, 0.2) is 0 Å². The van der Waals surface area contributed by atoms with Crippen molar-refractivity contribution < 1.29 is 28.6 Å². The molecule has 0 saturated carbocycles. The third-order valence-electron chi connectivity index (χ3n) is 5.82. The molecule has 2 aromatic rings. The Morgan fingerprint density at radius 3 is 2.41 bits per heavy atom. The Balaban J connectivity index is 1.51. The van der Waals surface area contributed by atoms with E-state index >= 15 is 0 Å². The first-order valence-electron chi connectivity index (χ1n) is 11.4. The monoisotopic (exact) mass is 485 g/mol. The number of hydrogen-bond donors (Lipinski definition) is 2. The molecule has 1 aliphatic heterocycles. The zero-order valence-corrected chi connectivity index (χ0v) is 19.9. The molecule has 8 nitrogen and oxygen atoms in total. The molecule has 0 aliphatic carbocycles. The summed E-state index contributed by atoms with van der Waals surface area (Å²) in [4.78, 5) is 37.5. The summed E-state index contributed by atoms with van der Waals surface area (Å²) >= 11 is 0. The van der Waals surface area contributed by atoms with Gasteiger partial charge in [-0.1, -0.05) is 48.5 Å². The minimum atomic E-state index is -2.27. The van der Waals surface area contributed by atoms with Gasteiger partial charge in [-0.3, -0.25) is 9.59 Å². The molecule has 34 heavy (non-hydrogen) atoms. The molecule has 1 aliphatic rings. The second-order valence-corrected chi connectivity index (χ2v) is 9.50. The van der Waals surface area contributed by atoms with Crippen LogP contribution in [-0.2, 0) is 25.1 Å². The van der Waals surface area contributed by atoms with Gasteiger partial charge in [-0.2, -0.15) is 0 Å². The van der Waals surface area contributed by atoms with Crippen LogP contribution >= 0.6 is 8.03 Å². The third-order valence-corrected chi connectivity index (χ3v) is 6.82. The quantitative estimate of drug-likeness (QED) is 0.444. The number of carboxylic acid groups (broad SMARTS) is 1. The SMILES string of the molecule is O=C(NC(CCO[P+](=O)CC(=O)N1CCC[C@H]1C(=O)O)CCc1ccccc1)c1ccccc1. The molecule has 2 aromatic carbocycles. The molecule has 1 saturated heterocycles. The lowest BCUT2D eigenvalue weighted by molar-refractivity contribution is -0.147. The zero-order chi connectivity index (χ0) is 24.3. The summed E-state index contributed by atoms with van der Waals surface area (Å²) in [7, 11) is -2.27. The van der Waals surface area contributed by atoms with E-state index in [-0.39, 0.29) is 24.7 Å². The summed E-state index contributed by atoms with van der Waals surface area (Å²) in [6, 6.07) is 17.8. The van der Waals surface area contributed by atoms with Gasteiger partial charge in [-0.15, -0.1) is 4.52 Å². The maximum atomic E-state index is 12.6. The standard InChI is InChI=1S/C25H29N2O6P/c28-23(27-16-7-12-22(27)25(30)31)18-34(32)33-17-15-21(14-13-19-8-3-1-4-9-19)26-24(29)20-10-5-2-6-11-20/h1-6,8-11,21-22H,7,12-18H2,(H-,26,29,30,31)/p+1/t21?,22-/m0/s1. The van der Waals surface area contributed by atoms with E-state index in [1.54, 1.807) is 24.3 Å². The van der Waals surface area contributed by atoms with Gasteiger partial charge in [0.1, 0.15) is 12.6 Å². The number of likely N-dealkylation sites (tertiary alicyclic amines) is 1. The number of amides is 2. The Hall–Kier alpha value is -3.09. The van der Waals surface area contributed by atoms with E-state index in [0.717, 1.165) is 12.0 Å². The molecule has 2 amide bonds. The molecular weight excluding hydrogens is 455 g/mol. The molecule has 0 bridgehead atoms. The maximum Gasteiger partial charge on any atom is 0.518 e. The van der Waals surface area contributed by atoms with Crippen molar-refractivity contribution in [2.75, 3.05) is 19.3 Å². The molecule has 0 spiro atoms. The molecular formula is C25H30N2O6P+. The van der Waals surface area contributed by atoms with Gasteiger partial charge in [0, 0.05) is 18.2 Å². The van der Waals surface area contributed by atoms with Crippen LogP contribution in [0, 0.1) is 0 Å². The summed E-state index contributed by atoms with van der Waals surface area (Å²) in [6.07, 6.45) is 2.55. The predicted octanol–water partition coefficient (Wildman–Crippen LogP) is 3.64. The number of aryl methyl sites for hydroxylation is 1. The highest BCUT2D eigenvalue weighted by Gasteiger charge is 2.37. The lowest BCUT2D eigenvalue weighted by atomic mass is 10.0. The van der Waals surface area contributed by atoms with Crippen molar-refractivity contribution in [3.8, 4) is 0 Å². The second kappa shape index (κ2) is 13.0. The number of carbonyl (C=O) groups excluding carboxylic acids is 2. The first kappa shape index (κ1) is 25.5. The number of rotatable bonds is 12. The lowest BCUT2D eigenvalue weighted by Gasteiger charge is -2.19. The van der Waals surface area contributed by atoms with Crippen LogP contribution in [0.15, 0.2) is 60.7 Å². The average molecular weight is 485 g/mol. The van der Waals surface area contributed by atoms with E-state index < -0.39 is 25.9 Å². The van der Waals surface area contributed by atoms with E-state index in [1.165, 1.54) is 4.90 Å². The van der Waals surface area contributed by atoms with Crippen molar-refractivity contribution >= 4 is 25.8 Å². The molecule has 2 unspecified atom stereocenters. The Morgan fingerprint density at radius 2 is 1.74 bits per heavy atom. The zero-order valence-electron chi connectivity index (χ0n) is 19.0. The summed E-state index contributed by atoms with van der Waals surface area (Å²) < 4.78 is 17.7. The van der Waals surface area contributed by atoms with Crippen LogP contribution in [-0.4, -0.2) is 59.2 Å². The normalized spacial score (nSPS) is 16.6. The van der Waals surface area contributed by atoms with Crippen molar-refractivity contribution in [1.29, 1.82) is 0 Å². The summed E-state index contributed by atoms with van der Waals surface area (Å²) in [5.74, 6) is -1.70. The molecule has 2 N–H and O–H groups in total. The highest BCUT2D eigenvalue weighted by atomic mass is 31.1. The molecule has 1 heterocycles. The van der Waals surface area contributed by atoms with Crippen molar-refractivity contribution in [2.24, 2.45) is 0 Å². The van der Waals surface area contributed by atoms with E-state index in [1.807, 2.05) is 36.4 Å². The maximum absolute atomic E-state index is 12.6. The Bertz CT molecular complexity index is 985. The second-order valence-electron chi connectivity index (χ2n) is 8.26. The van der Waals surface area contributed by atoms with Gasteiger partial charge in [-0.05, 0) is 54.4 Å². The summed E-state index contributed by atoms with van der Waals surface area (Å²) in [5.41, 5.74) is 1.71. The molecule has 1 fully saturated rings. The van der Waals surface area contributed by atoms with Gasteiger partial charge in [0.25, 0.3) is 18.0 Å². The van der Waals surface area contributed by atoms with Crippen molar-refractivity contribution in [2.45, 2.75) is 44.2 Å². The van der Waals surface area contributed by atoms with Gasteiger partial charge in [-0.25, -0.2) is 4.79 Å². The molecule has 0 radical (unpaired) electrons. The van der Waals surface area contributed by atoms with Crippen molar-refractivity contribution in [3.05, 3.63) is 71.8 Å². The van der Waals surface area contributed by atoms with Gasteiger partial charge < -0.3 is 15.3 Å². The van der Waals surface area contributed by atoms with Crippen molar-refractivity contribution in [1.82, 2.24) is 10.2 Å². The van der Waals surface area contributed by atoms with Crippen LogP contribution in [0.3, 0.4) is 0 Å². The van der Waals surface area contributed by atoms with E-state index in [0.29, 0.717) is 37.8 Å². The fraction of sp³-hybridized carbons (Fsp3) is 0.400. The molecule has 9 heteroatoms. The smallest absolute Gasteiger partial charge is 0.480 e. The Kier molecular flexibility index (Phi) is 9.74. The van der Waals surface area contributed by atoms with Crippen LogP contribution in [0.1, 0.15) is 41.6 Å². The highest BCUT2D eigenvalue weighted by molar-refractivity contribution is 7.40. The van der Waals surface area contributed by atoms with Gasteiger partial charge >= 0.3 is 14.0 Å². The summed E-state index contributed by atoms with van der Waals surface area (Å²) in [5, 5.41) is 12.3. The van der Waals surface area contributed by atoms with Crippen LogP contribution in [0.25, 0.3) is 0 Å². The van der Waals surface area contributed by atoms with Gasteiger partial charge in [0.2, 0.25) is 0 Å². The topological polar surface area (TPSA) is 113 Å². The average Bonchev–Trinajstić information content (AvgIpc) is 3.34. The molecule has 180 valence electrons. The fourth-order valence-corrected chi connectivity index (χ4v) is 4.80. The van der Waals surface area contributed by atoms with E-state index in [4.69, 9.17) is 4.52 Å². The Morgan fingerprint density at radius 1 is 1.06 bits per heavy atom. The number of aliphatic carboxylic acids is 1. The van der Waals surface area contributed by atoms with Gasteiger partial charge in [0.05, 0.1) is 0 Å². The highest BCUT2D eigenvalue weighted by Crippen LogP contribution is 2.26. The van der Waals surface area contributed by atoms with Crippen molar-refractivity contribution in [3.63, 3.8) is 0 Å². The number of hydrogen-bond acceptors (Lipinski definition) is 5. The van der Waals surface area contributed by atoms with E-state index in [2.05, 4.69) is 5.32 Å². The Labute approximate surface area is 200 Å². The summed E-state index contributed by atoms with van der Waals surface area (Å²) in [6.45, 7) is 0.464. The number of benzene rings is 2. The van der Waals surface area contributed by atoms with Crippen LogP contribution in [0.5, 0.6) is 0 Å². The number of nitrogens with one attached hydrogen (secondary N) is 1. The predicted molar refractivity (Wildman–Crippen MR) is 128 cm³/mol. The molecule has 3 atom stereocenters. The molecule has 3 rings (SSSR count). The first-order chi connectivity index (χ1) is 16.4. The minimum Gasteiger partial charge on any atom is -0.480 e. The number of carboxylic acids is 1. The van der Waals surface area contributed by atoms with Crippen LogP contribution in [0.4, 0.5) is 0 Å². The van der Waals surface area contributed by atoms with Crippen LogP contribution in [0.2, 0.25) is 0 Å². The molecule has 0 aromatic heterocycles.